The number of nitrogens with one attached hydrogen (secondary N) is 3. The van der Waals surface area contributed by atoms with Crippen LogP contribution in [0, 0.1) is 11.3 Å². The van der Waals surface area contributed by atoms with Gasteiger partial charge in [0.05, 0.1) is 18.5 Å². The molecular weight excluding hydrogens is 314 g/mol. The van der Waals surface area contributed by atoms with Crippen LogP contribution in [0.2, 0.25) is 0 Å². The van der Waals surface area contributed by atoms with Gasteiger partial charge in [-0.3, -0.25) is 4.79 Å². The molecule has 0 radical (unpaired) electrons. The number of tetrazole rings is 1. The second-order valence-corrected chi connectivity index (χ2v) is 4.44. The van der Waals surface area contributed by atoms with E-state index in [0.717, 1.165) is 0 Å². The fraction of sp³-hybridized carbons (Fsp3) is 0.214. The number of H-pyrrole nitrogens is 1. The SMILES string of the molecule is COCC(=O)Nc1ccc(OC)cc1NC=C(C#N)c1nn[nH]n1. The Balaban J connectivity index is 2.26. The van der Waals surface area contributed by atoms with Gasteiger partial charge >= 0.3 is 0 Å². The fourth-order valence-corrected chi connectivity index (χ4v) is 1.77. The van der Waals surface area contributed by atoms with Gasteiger partial charge in [-0.25, -0.2) is 0 Å². The molecule has 3 N–H and O–H groups in total. The van der Waals surface area contributed by atoms with E-state index in [4.69, 9.17) is 9.47 Å². The van der Waals surface area contributed by atoms with Gasteiger partial charge in [-0.1, -0.05) is 0 Å². The van der Waals surface area contributed by atoms with Crippen LogP contribution in [0.25, 0.3) is 5.57 Å². The molecule has 0 spiro atoms. The van der Waals surface area contributed by atoms with E-state index in [9.17, 15) is 10.1 Å². The van der Waals surface area contributed by atoms with Gasteiger partial charge in [-0.2, -0.15) is 10.5 Å². The Kier molecular flexibility index (Phi) is 5.82. The van der Waals surface area contributed by atoms with Gasteiger partial charge in [0.25, 0.3) is 0 Å². The Morgan fingerprint density at radius 1 is 1.42 bits per heavy atom. The van der Waals surface area contributed by atoms with Crippen molar-refractivity contribution in [2.24, 2.45) is 0 Å². The number of aromatic nitrogens is 4. The number of amides is 1. The van der Waals surface area contributed by atoms with Crippen LogP contribution in [-0.4, -0.2) is 47.4 Å². The van der Waals surface area contributed by atoms with Crippen LogP contribution in [0.4, 0.5) is 11.4 Å². The maximum Gasteiger partial charge on any atom is 0.250 e. The molecule has 0 aliphatic heterocycles. The largest absolute Gasteiger partial charge is 0.497 e. The zero-order valence-corrected chi connectivity index (χ0v) is 13.0. The summed E-state index contributed by atoms with van der Waals surface area (Å²) in [5.41, 5.74) is 1.19. The highest BCUT2D eigenvalue weighted by molar-refractivity contribution is 5.95. The highest BCUT2D eigenvalue weighted by Crippen LogP contribution is 2.27. The highest BCUT2D eigenvalue weighted by atomic mass is 16.5. The van der Waals surface area contributed by atoms with Crippen molar-refractivity contribution in [2.75, 3.05) is 31.5 Å². The monoisotopic (exact) mass is 329 g/mol. The highest BCUT2D eigenvalue weighted by Gasteiger charge is 2.10. The zero-order valence-electron chi connectivity index (χ0n) is 13.0. The van der Waals surface area contributed by atoms with E-state index >= 15 is 0 Å². The van der Waals surface area contributed by atoms with Crippen molar-refractivity contribution >= 4 is 22.9 Å². The number of hydrogen-bond donors (Lipinski definition) is 3. The summed E-state index contributed by atoms with van der Waals surface area (Å²) in [7, 11) is 2.96. The number of methoxy groups -OCH3 is 2. The molecule has 24 heavy (non-hydrogen) atoms. The van der Waals surface area contributed by atoms with Crippen LogP contribution >= 0.6 is 0 Å². The molecule has 2 rings (SSSR count). The molecule has 0 aliphatic rings. The number of anilines is 2. The van der Waals surface area contributed by atoms with Gasteiger partial charge in [0.1, 0.15) is 24.0 Å². The standard InChI is InChI=1S/C14H15N7O3/c1-23-8-13(22)17-11-4-3-10(24-2)5-12(11)16-7-9(6-15)14-18-20-21-19-14/h3-5,7,16H,8H2,1-2H3,(H,17,22)(H,18,19,20,21). The third-order valence-electron chi connectivity index (χ3n) is 2.85. The van der Waals surface area contributed by atoms with E-state index in [1.54, 1.807) is 18.2 Å². The van der Waals surface area contributed by atoms with Crippen molar-refractivity contribution in [2.45, 2.75) is 0 Å². The van der Waals surface area contributed by atoms with Crippen LogP contribution < -0.4 is 15.4 Å². The predicted molar refractivity (Wildman–Crippen MR) is 84.9 cm³/mol. The number of ether oxygens (including phenoxy) is 2. The van der Waals surface area contributed by atoms with E-state index in [2.05, 4.69) is 31.3 Å². The molecule has 0 aliphatic carbocycles. The number of rotatable bonds is 7. The Bertz CT molecular complexity index is 765. The summed E-state index contributed by atoms with van der Waals surface area (Å²) in [6.45, 7) is -0.0758. The van der Waals surface area contributed by atoms with E-state index in [1.165, 1.54) is 20.4 Å². The van der Waals surface area contributed by atoms with Crippen molar-refractivity contribution in [3.8, 4) is 11.8 Å². The summed E-state index contributed by atoms with van der Waals surface area (Å²) in [6.07, 6.45) is 1.41. The number of aromatic amines is 1. The Labute approximate surface area is 137 Å². The lowest BCUT2D eigenvalue weighted by atomic mass is 10.2. The molecule has 1 aromatic heterocycles. The maximum absolute atomic E-state index is 11.7. The summed E-state index contributed by atoms with van der Waals surface area (Å²) in [5.74, 6) is 0.417. The van der Waals surface area contributed by atoms with Crippen LogP contribution in [0.5, 0.6) is 5.75 Å². The number of carbonyl (C=O) groups excluding carboxylic acids is 1. The number of hydrogen-bond acceptors (Lipinski definition) is 8. The van der Waals surface area contributed by atoms with E-state index in [1.807, 2.05) is 6.07 Å². The van der Waals surface area contributed by atoms with Gasteiger partial charge in [-0.15, -0.1) is 10.2 Å². The molecule has 2 aromatic rings. The minimum absolute atomic E-state index is 0.0758. The quantitative estimate of drug-likeness (QED) is 0.633. The topological polar surface area (TPSA) is 138 Å². The first-order valence-corrected chi connectivity index (χ1v) is 6.75. The summed E-state index contributed by atoms with van der Waals surface area (Å²) in [5, 5.41) is 28.0. The Morgan fingerprint density at radius 2 is 2.25 bits per heavy atom. The van der Waals surface area contributed by atoms with Gasteiger partial charge in [0.2, 0.25) is 11.7 Å². The molecule has 0 unspecified atom stereocenters. The van der Waals surface area contributed by atoms with Crippen molar-refractivity contribution in [3.05, 3.63) is 30.2 Å². The molecule has 0 atom stereocenters. The molecule has 0 fully saturated rings. The lowest BCUT2D eigenvalue weighted by molar-refractivity contribution is -0.119. The molecule has 10 nitrogen and oxygen atoms in total. The Hall–Kier alpha value is -3.45. The lowest BCUT2D eigenvalue weighted by Crippen LogP contribution is -2.17. The molecule has 0 saturated heterocycles. The number of carbonyl (C=O) groups is 1. The van der Waals surface area contributed by atoms with Crippen molar-refractivity contribution < 1.29 is 14.3 Å². The smallest absolute Gasteiger partial charge is 0.250 e. The van der Waals surface area contributed by atoms with E-state index in [-0.39, 0.29) is 23.9 Å². The molecule has 0 bridgehead atoms. The molecule has 1 heterocycles. The number of allylic oxidation sites excluding steroid dienone is 1. The van der Waals surface area contributed by atoms with Crippen molar-refractivity contribution in [1.29, 1.82) is 5.26 Å². The van der Waals surface area contributed by atoms with E-state index < -0.39 is 0 Å². The van der Waals surface area contributed by atoms with Crippen molar-refractivity contribution in [3.63, 3.8) is 0 Å². The van der Waals surface area contributed by atoms with Crippen LogP contribution in [0.3, 0.4) is 0 Å². The molecule has 10 heteroatoms. The minimum atomic E-state index is -0.312. The predicted octanol–water partition coefficient (Wildman–Crippen LogP) is 0.770. The second kappa shape index (κ2) is 8.25. The maximum atomic E-state index is 11.7. The molecule has 124 valence electrons. The van der Waals surface area contributed by atoms with Crippen LogP contribution in [-0.2, 0) is 9.53 Å². The van der Waals surface area contributed by atoms with E-state index in [0.29, 0.717) is 17.1 Å². The normalized spacial score (nSPS) is 10.8. The van der Waals surface area contributed by atoms with Gasteiger partial charge in [-0.05, 0) is 17.3 Å². The third-order valence-corrected chi connectivity index (χ3v) is 2.85. The first kappa shape index (κ1) is 16.9. The average molecular weight is 329 g/mol. The molecule has 1 amide bonds. The van der Waals surface area contributed by atoms with Gasteiger partial charge in [0, 0.05) is 19.4 Å². The summed E-state index contributed by atoms with van der Waals surface area (Å²) < 4.78 is 9.95. The minimum Gasteiger partial charge on any atom is -0.497 e. The number of nitrogens with zero attached hydrogens (tertiary/aromatic N) is 4. The lowest BCUT2D eigenvalue weighted by Gasteiger charge is -2.12. The first-order chi connectivity index (χ1) is 11.7. The fourth-order valence-electron chi connectivity index (χ4n) is 1.77. The van der Waals surface area contributed by atoms with Crippen molar-refractivity contribution in [1.82, 2.24) is 20.6 Å². The number of nitriles is 1. The second-order valence-electron chi connectivity index (χ2n) is 4.44. The molecule has 1 aromatic carbocycles. The van der Waals surface area contributed by atoms with Crippen LogP contribution in [0.15, 0.2) is 24.4 Å². The van der Waals surface area contributed by atoms with Crippen LogP contribution in [0.1, 0.15) is 5.82 Å². The summed E-state index contributed by atoms with van der Waals surface area (Å²) in [6, 6.07) is 7.00. The average Bonchev–Trinajstić information content (AvgIpc) is 3.11. The van der Waals surface area contributed by atoms with Gasteiger partial charge < -0.3 is 20.1 Å². The first-order valence-electron chi connectivity index (χ1n) is 6.75. The third kappa shape index (κ3) is 4.28. The Morgan fingerprint density at radius 3 is 2.88 bits per heavy atom. The zero-order chi connectivity index (χ0) is 17.4. The molecular formula is C14H15N7O3. The number of benzene rings is 1. The summed E-state index contributed by atoms with van der Waals surface area (Å²) in [4.78, 5) is 11.7. The summed E-state index contributed by atoms with van der Waals surface area (Å²) >= 11 is 0. The van der Waals surface area contributed by atoms with Gasteiger partial charge in [0.15, 0.2) is 0 Å². The molecule has 0 saturated carbocycles.